The molecule has 1 heterocycles. The quantitative estimate of drug-likeness (QED) is 0.494. The van der Waals surface area contributed by atoms with Gasteiger partial charge in [0.15, 0.2) is 0 Å². The Morgan fingerprint density at radius 3 is 2.52 bits per heavy atom. The van der Waals surface area contributed by atoms with E-state index in [0.29, 0.717) is 23.3 Å². The molecule has 10 heteroatoms. The normalized spacial score (nSPS) is 13.4. The van der Waals surface area contributed by atoms with Gasteiger partial charge in [-0.15, -0.1) is 0 Å². The van der Waals surface area contributed by atoms with Gasteiger partial charge in [-0.3, -0.25) is 0 Å². The van der Waals surface area contributed by atoms with Crippen LogP contribution in [0.4, 0.5) is 13.2 Å². The van der Waals surface area contributed by atoms with Crippen molar-refractivity contribution in [2.75, 3.05) is 0 Å². The molecule has 0 fully saturated rings. The first kappa shape index (κ1) is 22.8. The number of aryl methyl sites for hydroxylation is 1. The zero-order valence-corrected chi connectivity index (χ0v) is 18.0. The fourth-order valence-electron chi connectivity index (χ4n) is 3.34. The summed E-state index contributed by atoms with van der Waals surface area (Å²) in [5.41, 5.74) is 2.00. The number of alkyl halides is 2. The number of benzene rings is 2. The molecule has 1 aliphatic rings. The lowest BCUT2D eigenvalue weighted by Crippen LogP contribution is -2.25. The highest BCUT2D eigenvalue weighted by molar-refractivity contribution is 7.93. The highest BCUT2D eigenvalue weighted by atomic mass is 32.2. The Labute approximate surface area is 188 Å². The zero-order valence-electron chi connectivity index (χ0n) is 17.2. The van der Waals surface area contributed by atoms with Crippen molar-refractivity contribution >= 4 is 16.1 Å². The van der Waals surface area contributed by atoms with Gasteiger partial charge in [0, 0.05) is 18.8 Å². The van der Waals surface area contributed by atoms with Crippen LogP contribution in [0, 0.1) is 5.82 Å². The lowest BCUT2D eigenvalue weighted by molar-refractivity contribution is -0.0498. The van der Waals surface area contributed by atoms with Gasteiger partial charge in [-0.1, -0.05) is 6.07 Å². The molecule has 6 nitrogen and oxygen atoms in total. The fourth-order valence-corrected chi connectivity index (χ4v) is 4.54. The number of aromatic nitrogens is 1. The van der Waals surface area contributed by atoms with Crippen molar-refractivity contribution in [3.63, 3.8) is 0 Å². The third-order valence-corrected chi connectivity index (χ3v) is 6.48. The van der Waals surface area contributed by atoms with Crippen LogP contribution in [0.3, 0.4) is 0 Å². The summed E-state index contributed by atoms with van der Waals surface area (Å²) in [5.74, 6) is 0.290. The molecule has 1 aromatic heterocycles. The second-order valence-electron chi connectivity index (χ2n) is 7.23. The first-order chi connectivity index (χ1) is 15.8. The van der Waals surface area contributed by atoms with E-state index in [1.807, 2.05) is 0 Å². The van der Waals surface area contributed by atoms with E-state index in [-0.39, 0.29) is 35.3 Å². The Morgan fingerprint density at radius 1 is 1.00 bits per heavy atom. The van der Waals surface area contributed by atoms with Gasteiger partial charge in [0.1, 0.15) is 17.3 Å². The number of nitrogens with zero attached hydrogens (tertiary/aromatic N) is 1. The number of halogens is 3. The molecular weight excluding hydrogens is 457 g/mol. The minimum atomic E-state index is -3.77. The molecule has 0 atom stereocenters. The Bertz CT molecular complexity index is 1280. The third-order valence-electron chi connectivity index (χ3n) is 4.94. The highest BCUT2D eigenvalue weighted by Crippen LogP contribution is 2.30. The number of sulfonamides is 1. The molecule has 4 rings (SSSR count). The molecule has 0 radical (unpaired) electrons. The Morgan fingerprint density at radius 2 is 1.76 bits per heavy atom. The van der Waals surface area contributed by atoms with Crippen molar-refractivity contribution in [1.82, 2.24) is 9.71 Å². The van der Waals surface area contributed by atoms with Crippen molar-refractivity contribution in [3.05, 3.63) is 88.2 Å². The van der Waals surface area contributed by atoms with Gasteiger partial charge in [0.2, 0.25) is 15.9 Å². The van der Waals surface area contributed by atoms with Crippen LogP contribution in [-0.4, -0.2) is 20.0 Å². The van der Waals surface area contributed by atoms with Crippen LogP contribution in [0.15, 0.2) is 65.7 Å². The Hall–Kier alpha value is -3.37. The Balaban J connectivity index is 1.43. The number of allylic oxidation sites excluding steroid dienone is 1. The summed E-state index contributed by atoms with van der Waals surface area (Å²) >= 11 is 0. The maximum atomic E-state index is 13.0. The van der Waals surface area contributed by atoms with Crippen molar-refractivity contribution in [1.29, 1.82) is 0 Å². The number of fused-ring (bicyclic) bond motifs is 1. The van der Waals surface area contributed by atoms with Crippen molar-refractivity contribution < 1.29 is 31.1 Å². The lowest BCUT2D eigenvalue weighted by Gasteiger charge is -2.18. The van der Waals surface area contributed by atoms with E-state index >= 15 is 0 Å². The van der Waals surface area contributed by atoms with Crippen LogP contribution in [0.2, 0.25) is 0 Å². The number of nitrogens with one attached hydrogen (secondary N) is 1. The molecule has 0 bridgehead atoms. The average Bonchev–Trinajstić information content (AvgIpc) is 2.79. The van der Waals surface area contributed by atoms with Gasteiger partial charge in [0.05, 0.1) is 4.91 Å². The zero-order chi connectivity index (χ0) is 23.4. The van der Waals surface area contributed by atoms with Crippen LogP contribution >= 0.6 is 0 Å². The molecule has 0 unspecified atom stereocenters. The first-order valence-electron chi connectivity index (χ1n) is 9.95. The largest absolute Gasteiger partial charge is 0.439 e. The first-order valence-corrected chi connectivity index (χ1v) is 11.4. The molecule has 33 heavy (non-hydrogen) atoms. The van der Waals surface area contributed by atoms with E-state index in [2.05, 4.69) is 14.4 Å². The maximum Gasteiger partial charge on any atom is 0.387 e. The minimum absolute atomic E-state index is 0.00992. The van der Waals surface area contributed by atoms with Gasteiger partial charge in [0.25, 0.3) is 0 Å². The third kappa shape index (κ3) is 5.91. The topological polar surface area (TPSA) is 77.5 Å². The molecule has 172 valence electrons. The molecule has 1 aliphatic carbocycles. The van der Waals surface area contributed by atoms with Gasteiger partial charge in [-0.25, -0.2) is 22.5 Å². The fraction of sp³-hybridized carbons (Fsp3) is 0.174. The summed E-state index contributed by atoms with van der Waals surface area (Å²) < 4.78 is 76.0. The van der Waals surface area contributed by atoms with Crippen molar-refractivity contribution in [3.8, 4) is 17.4 Å². The number of ether oxygens (including phenoxy) is 2. The molecule has 0 amide bonds. The molecule has 3 aromatic rings. The number of hydrogen-bond donors (Lipinski definition) is 1. The van der Waals surface area contributed by atoms with E-state index in [4.69, 9.17) is 4.74 Å². The number of rotatable bonds is 8. The number of pyridine rings is 1. The van der Waals surface area contributed by atoms with Gasteiger partial charge in [-0.05, 0) is 78.1 Å². The average molecular weight is 476 g/mol. The standard InChI is InChI=1S/C23H19F3N2O4S/c24-18-3-6-19(7-4-18)31-22-11-15(9-10-27-22)14-28-33(29,30)21-8-2-16-12-20(32-23(25)26)5-1-17(16)13-21/h1,3-7,9-13,23,28H,2,8,14H2. The van der Waals surface area contributed by atoms with E-state index in [1.165, 1.54) is 48.7 Å². The SMILES string of the molecule is O=S(=O)(NCc1ccnc(Oc2ccc(F)cc2)c1)C1=Cc2ccc(OC(F)F)cc2CC1. The second kappa shape index (κ2) is 9.63. The lowest BCUT2D eigenvalue weighted by atomic mass is 9.97. The molecule has 0 saturated carbocycles. The smallest absolute Gasteiger partial charge is 0.387 e. The monoisotopic (exact) mass is 476 g/mol. The molecule has 0 saturated heterocycles. The highest BCUT2D eigenvalue weighted by Gasteiger charge is 2.22. The van der Waals surface area contributed by atoms with E-state index in [1.54, 1.807) is 18.2 Å². The predicted molar refractivity (Wildman–Crippen MR) is 116 cm³/mol. The van der Waals surface area contributed by atoms with Crippen LogP contribution in [0.25, 0.3) is 6.08 Å². The van der Waals surface area contributed by atoms with E-state index in [9.17, 15) is 21.6 Å². The summed E-state index contributed by atoms with van der Waals surface area (Å²) in [7, 11) is -3.77. The maximum absolute atomic E-state index is 13.0. The predicted octanol–water partition coefficient (Wildman–Crippen LogP) is 5.02. The van der Waals surface area contributed by atoms with Gasteiger partial charge < -0.3 is 9.47 Å². The van der Waals surface area contributed by atoms with Crippen LogP contribution in [-0.2, 0) is 23.0 Å². The summed E-state index contributed by atoms with van der Waals surface area (Å²) in [6.45, 7) is -2.91. The van der Waals surface area contributed by atoms with Gasteiger partial charge >= 0.3 is 6.61 Å². The molecule has 1 N–H and O–H groups in total. The van der Waals surface area contributed by atoms with Crippen molar-refractivity contribution in [2.24, 2.45) is 0 Å². The molecule has 0 spiro atoms. The summed E-state index contributed by atoms with van der Waals surface area (Å²) in [6, 6.07) is 13.1. The van der Waals surface area contributed by atoms with Crippen LogP contribution in [0.1, 0.15) is 23.1 Å². The summed E-state index contributed by atoms with van der Waals surface area (Å²) in [6.07, 6.45) is 3.63. The Kier molecular flexibility index (Phi) is 6.66. The second-order valence-corrected chi connectivity index (χ2v) is 9.05. The summed E-state index contributed by atoms with van der Waals surface area (Å²) in [5, 5.41) is 0. The summed E-state index contributed by atoms with van der Waals surface area (Å²) in [4.78, 5) is 4.28. The van der Waals surface area contributed by atoms with E-state index < -0.39 is 16.6 Å². The van der Waals surface area contributed by atoms with E-state index in [0.717, 1.165) is 5.56 Å². The van der Waals surface area contributed by atoms with Gasteiger partial charge in [-0.2, -0.15) is 8.78 Å². The molecule has 2 aromatic carbocycles. The van der Waals surface area contributed by atoms with Crippen LogP contribution in [0.5, 0.6) is 17.4 Å². The van der Waals surface area contributed by atoms with Crippen LogP contribution < -0.4 is 14.2 Å². The molecule has 0 aliphatic heterocycles. The number of hydrogen-bond acceptors (Lipinski definition) is 5. The minimum Gasteiger partial charge on any atom is -0.439 e. The van der Waals surface area contributed by atoms with Crippen molar-refractivity contribution in [2.45, 2.75) is 26.0 Å². The molecular formula is C23H19F3N2O4S.